The van der Waals surface area contributed by atoms with Gasteiger partial charge in [-0.05, 0) is 39.7 Å². The molecule has 1 amide bonds. The van der Waals surface area contributed by atoms with Gasteiger partial charge in [-0.1, -0.05) is 30.3 Å². The molecule has 1 atom stereocenters. The number of ether oxygens (including phenoxy) is 1. The number of hydrogen-bond donors (Lipinski definition) is 2. The van der Waals surface area contributed by atoms with E-state index in [1.165, 1.54) is 6.92 Å². The van der Waals surface area contributed by atoms with Crippen LogP contribution in [0.5, 0.6) is 0 Å². The van der Waals surface area contributed by atoms with E-state index in [0.29, 0.717) is 6.54 Å². The molecular formula is C17H26N2O3. The Balaban J connectivity index is 2.44. The first-order valence-electron chi connectivity index (χ1n) is 7.43. The number of carbonyl (C=O) groups excluding carboxylic acids is 2. The topological polar surface area (TPSA) is 81.4 Å². The van der Waals surface area contributed by atoms with Crippen LogP contribution in [0.2, 0.25) is 0 Å². The van der Waals surface area contributed by atoms with Crippen molar-refractivity contribution in [3.05, 3.63) is 35.9 Å². The van der Waals surface area contributed by atoms with Crippen molar-refractivity contribution in [3.8, 4) is 0 Å². The molecule has 0 saturated carbocycles. The van der Waals surface area contributed by atoms with E-state index in [-0.39, 0.29) is 12.3 Å². The Labute approximate surface area is 132 Å². The Hall–Kier alpha value is -1.88. The van der Waals surface area contributed by atoms with Gasteiger partial charge in [0.2, 0.25) is 5.91 Å². The van der Waals surface area contributed by atoms with Crippen LogP contribution in [0.4, 0.5) is 0 Å². The van der Waals surface area contributed by atoms with E-state index < -0.39 is 17.1 Å². The van der Waals surface area contributed by atoms with Gasteiger partial charge in [0.05, 0.1) is 6.42 Å². The van der Waals surface area contributed by atoms with E-state index >= 15 is 0 Å². The number of rotatable bonds is 6. The van der Waals surface area contributed by atoms with Crippen molar-refractivity contribution >= 4 is 11.9 Å². The number of nitrogens with two attached hydrogens (primary N) is 1. The average Bonchev–Trinajstić information content (AvgIpc) is 2.36. The molecule has 0 aliphatic rings. The predicted molar refractivity (Wildman–Crippen MR) is 86.2 cm³/mol. The molecule has 0 spiro atoms. The zero-order valence-electron chi connectivity index (χ0n) is 13.8. The van der Waals surface area contributed by atoms with Crippen molar-refractivity contribution in [3.63, 3.8) is 0 Å². The van der Waals surface area contributed by atoms with Crippen molar-refractivity contribution in [2.24, 2.45) is 5.73 Å². The van der Waals surface area contributed by atoms with Crippen molar-refractivity contribution in [2.75, 3.05) is 6.54 Å². The zero-order valence-corrected chi connectivity index (χ0v) is 13.8. The van der Waals surface area contributed by atoms with Crippen LogP contribution in [-0.4, -0.2) is 29.6 Å². The molecule has 0 saturated heterocycles. The molecule has 1 aromatic rings. The van der Waals surface area contributed by atoms with E-state index in [2.05, 4.69) is 5.32 Å². The van der Waals surface area contributed by atoms with Gasteiger partial charge >= 0.3 is 5.97 Å². The highest BCUT2D eigenvalue weighted by atomic mass is 16.6. The predicted octanol–water partition coefficient (Wildman–Crippen LogP) is 1.79. The van der Waals surface area contributed by atoms with Crippen LogP contribution in [0.25, 0.3) is 0 Å². The molecule has 0 aliphatic carbocycles. The van der Waals surface area contributed by atoms with Crippen LogP contribution in [0, 0.1) is 0 Å². The Morgan fingerprint density at radius 2 is 1.73 bits per heavy atom. The fraction of sp³-hybridized carbons (Fsp3) is 0.529. The highest BCUT2D eigenvalue weighted by Gasteiger charge is 2.33. The second kappa shape index (κ2) is 7.40. The number of benzene rings is 1. The molecule has 5 heteroatoms. The highest BCUT2D eigenvalue weighted by Crippen LogP contribution is 2.13. The summed E-state index contributed by atoms with van der Waals surface area (Å²) >= 11 is 0. The second-order valence-electron chi connectivity index (χ2n) is 6.67. The first kappa shape index (κ1) is 18.2. The molecule has 0 bridgehead atoms. The van der Waals surface area contributed by atoms with Gasteiger partial charge in [0, 0.05) is 6.54 Å². The Kier molecular flexibility index (Phi) is 6.11. The number of amides is 1. The summed E-state index contributed by atoms with van der Waals surface area (Å²) in [4.78, 5) is 23.9. The standard InChI is InChI=1S/C17H26N2O3/c1-16(2,3)22-14(20)12-17(4,18)15(21)19-11-10-13-8-6-5-7-9-13/h5-9H,10-12,18H2,1-4H3,(H,19,21)/t17-/m1/s1. The van der Waals surface area contributed by atoms with Gasteiger partial charge in [0.25, 0.3) is 0 Å². The van der Waals surface area contributed by atoms with Crippen molar-refractivity contribution < 1.29 is 14.3 Å². The monoisotopic (exact) mass is 306 g/mol. The fourth-order valence-electron chi connectivity index (χ4n) is 1.92. The molecule has 122 valence electrons. The molecule has 0 aromatic heterocycles. The van der Waals surface area contributed by atoms with Crippen LogP contribution in [0.3, 0.4) is 0 Å². The number of carbonyl (C=O) groups is 2. The molecule has 1 rings (SSSR count). The van der Waals surface area contributed by atoms with Crippen molar-refractivity contribution in [2.45, 2.75) is 51.7 Å². The van der Waals surface area contributed by atoms with Crippen LogP contribution >= 0.6 is 0 Å². The van der Waals surface area contributed by atoms with Gasteiger partial charge < -0.3 is 15.8 Å². The van der Waals surface area contributed by atoms with E-state index in [1.54, 1.807) is 20.8 Å². The quantitative estimate of drug-likeness (QED) is 0.785. The lowest BCUT2D eigenvalue weighted by Crippen LogP contribution is -2.53. The largest absolute Gasteiger partial charge is 0.460 e. The van der Waals surface area contributed by atoms with Crippen LogP contribution in [-0.2, 0) is 20.7 Å². The van der Waals surface area contributed by atoms with E-state index in [1.807, 2.05) is 30.3 Å². The molecule has 0 radical (unpaired) electrons. The van der Waals surface area contributed by atoms with Gasteiger partial charge in [-0.15, -0.1) is 0 Å². The van der Waals surface area contributed by atoms with E-state index in [0.717, 1.165) is 12.0 Å². The van der Waals surface area contributed by atoms with Crippen molar-refractivity contribution in [1.29, 1.82) is 0 Å². The maximum Gasteiger partial charge on any atom is 0.308 e. The maximum absolute atomic E-state index is 12.1. The minimum Gasteiger partial charge on any atom is -0.460 e. The maximum atomic E-state index is 12.1. The molecule has 0 unspecified atom stereocenters. The third-order valence-corrected chi connectivity index (χ3v) is 2.99. The Morgan fingerprint density at radius 3 is 2.27 bits per heavy atom. The van der Waals surface area contributed by atoms with E-state index in [4.69, 9.17) is 10.5 Å². The molecule has 0 aliphatic heterocycles. The number of esters is 1. The summed E-state index contributed by atoms with van der Waals surface area (Å²) in [6, 6.07) is 9.84. The lowest BCUT2D eigenvalue weighted by atomic mass is 9.98. The summed E-state index contributed by atoms with van der Waals surface area (Å²) in [5, 5.41) is 2.77. The van der Waals surface area contributed by atoms with Gasteiger partial charge in [0.15, 0.2) is 0 Å². The molecule has 0 fully saturated rings. The van der Waals surface area contributed by atoms with E-state index in [9.17, 15) is 9.59 Å². The summed E-state index contributed by atoms with van der Waals surface area (Å²) in [6.07, 6.45) is 0.566. The number of nitrogens with one attached hydrogen (secondary N) is 1. The van der Waals surface area contributed by atoms with Crippen LogP contribution in [0.1, 0.15) is 39.7 Å². The second-order valence-corrected chi connectivity index (χ2v) is 6.67. The normalized spacial score (nSPS) is 14.0. The zero-order chi connectivity index (χ0) is 16.8. The summed E-state index contributed by atoms with van der Waals surface area (Å²) < 4.78 is 5.20. The van der Waals surface area contributed by atoms with Gasteiger partial charge in [-0.25, -0.2) is 0 Å². The van der Waals surface area contributed by atoms with Crippen LogP contribution in [0.15, 0.2) is 30.3 Å². The minimum absolute atomic E-state index is 0.151. The molecule has 22 heavy (non-hydrogen) atoms. The summed E-state index contributed by atoms with van der Waals surface area (Å²) in [5.41, 5.74) is 5.21. The smallest absolute Gasteiger partial charge is 0.308 e. The third-order valence-electron chi connectivity index (χ3n) is 2.99. The highest BCUT2D eigenvalue weighted by molar-refractivity contribution is 5.90. The van der Waals surface area contributed by atoms with Crippen molar-refractivity contribution in [1.82, 2.24) is 5.32 Å². The molecule has 0 heterocycles. The summed E-state index contributed by atoms with van der Waals surface area (Å²) in [5.74, 6) is -0.829. The first-order chi connectivity index (χ1) is 10.1. The minimum atomic E-state index is -1.28. The van der Waals surface area contributed by atoms with Gasteiger partial charge in [0.1, 0.15) is 11.1 Å². The third kappa shape index (κ3) is 6.72. The lowest BCUT2D eigenvalue weighted by Gasteiger charge is -2.25. The molecule has 1 aromatic carbocycles. The SMILES string of the molecule is CC(C)(C)OC(=O)C[C@@](C)(N)C(=O)NCCc1ccccc1. The average molecular weight is 306 g/mol. The Bertz CT molecular complexity index is 504. The molecule has 3 N–H and O–H groups in total. The van der Waals surface area contributed by atoms with Gasteiger partial charge in [-0.2, -0.15) is 0 Å². The van der Waals surface area contributed by atoms with Gasteiger partial charge in [-0.3, -0.25) is 9.59 Å². The molecular weight excluding hydrogens is 280 g/mol. The summed E-state index contributed by atoms with van der Waals surface area (Å²) in [7, 11) is 0. The molecule has 5 nitrogen and oxygen atoms in total. The fourth-order valence-corrected chi connectivity index (χ4v) is 1.92. The number of hydrogen-bond acceptors (Lipinski definition) is 4. The lowest BCUT2D eigenvalue weighted by molar-refractivity contribution is -0.157. The Morgan fingerprint density at radius 1 is 1.14 bits per heavy atom. The first-order valence-corrected chi connectivity index (χ1v) is 7.43. The summed E-state index contributed by atoms with van der Waals surface area (Å²) in [6.45, 7) is 7.34. The van der Waals surface area contributed by atoms with Crippen LogP contribution < -0.4 is 11.1 Å².